The van der Waals surface area contributed by atoms with Gasteiger partial charge in [0.25, 0.3) is 5.91 Å². The fourth-order valence-electron chi connectivity index (χ4n) is 2.52. The molecule has 7 nitrogen and oxygen atoms in total. The summed E-state index contributed by atoms with van der Waals surface area (Å²) in [5, 5.41) is 9.92. The van der Waals surface area contributed by atoms with E-state index >= 15 is 0 Å². The second kappa shape index (κ2) is 5.00. The van der Waals surface area contributed by atoms with Crippen LogP contribution in [0.4, 0.5) is 5.69 Å². The normalized spacial score (nSPS) is 24.4. The SMILES string of the molecule is O=C1CCC(n2cc(N3CCNCC3)cn2)C(=O)N1. The lowest BCUT2D eigenvalue weighted by Crippen LogP contribution is -2.43. The number of hydrogen-bond donors (Lipinski definition) is 2. The number of aromatic nitrogens is 2. The molecule has 2 amide bonds. The summed E-state index contributed by atoms with van der Waals surface area (Å²) in [5.41, 5.74) is 1.03. The fourth-order valence-corrected chi connectivity index (χ4v) is 2.52. The third kappa shape index (κ3) is 2.46. The third-order valence-electron chi connectivity index (χ3n) is 3.60. The number of piperazine rings is 1. The zero-order valence-corrected chi connectivity index (χ0v) is 10.6. The maximum Gasteiger partial charge on any atom is 0.251 e. The molecule has 0 radical (unpaired) electrons. The minimum absolute atomic E-state index is 0.198. The number of carbonyl (C=O) groups excluding carboxylic acids is 2. The average Bonchev–Trinajstić information content (AvgIpc) is 2.89. The van der Waals surface area contributed by atoms with Crippen molar-refractivity contribution in [1.82, 2.24) is 20.4 Å². The fraction of sp³-hybridized carbons (Fsp3) is 0.583. The van der Waals surface area contributed by atoms with Gasteiger partial charge in [0.1, 0.15) is 6.04 Å². The molecule has 1 unspecified atom stereocenters. The number of nitrogens with zero attached hydrogens (tertiary/aromatic N) is 3. The Morgan fingerprint density at radius 3 is 2.79 bits per heavy atom. The van der Waals surface area contributed by atoms with Crippen LogP contribution in [-0.2, 0) is 9.59 Å². The van der Waals surface area contributed by atoms with E-state index in [9.17, 15) is 9.59 Å². The van der Waals surface area contributed by atoms with Gasteiger partial charge in [-0.15, -0.1) is 0 Å². The molecule has 19 heavy (non-hydrogen) atoms. The molecule has 1 atom stereocenters. The molecular weight excluding hydrogens is 246 g/mol. The van der Waals surface area contributed by atoms with Gasteiger partial charge in [0, 0.05) is 38.8 Å². The number of carbonyl (C=O) groups is 2. The first-order chi connectivity index (χ1) is 9.24. The molecule has 0 spiro atoms. The molecule has 0 bridgehead atoms. The monoisotopic (exact) mass is 263 g/mol. The molecule has 2 fully saturated rings. The highest BCUT2D eigenvalue weighted by Gasteiger charge is 2.29. The van der Waals surface area contributed by atoms with E-state index in [1.165, 1.54) is 0 Å². The number of anilines is 1. The highest BCUT2D eigenvalue weighted by atomic mass is 16.2. The lowest BCUT2D eigenvalue weighted by molar-refractivity contribution is -0.135. The van der Waals surface area contributed by atoms with E-state index in [0.717, 1.165) is 31.9 Å². The first kappa shape index (κ1) is 12.2. The zero-order valence-electron chi connectivity index (χ0n) is 10.6. The molecule has 1 aromatic rings. The van der Waals surface area contributed by atoms with Crippen molar-refractivity contribution in [1.29, 1.82) is 0 Å². The van der Waals surface area contributed by atoms with E-state index in [4.69, 9.17) is 0 Å². The summed E-state index contributed by atoms with van der Waals surface area (Å²) in [6.45, 7) is 3.81. The molecule has 0 aromatic carbocycles. The van der Waals surface area contributed by atoms with E-state index in [0.29, 0.717) is 12.8 Å². The molecular formula is C12H17N5O2. The smallest absolute Gasteiger partial charge is 0.251 e. The molecule has 0 aliphatic carbocycles. The third-order valence-corrected chi connectivity index (χ3v) is 3.60. The van der Waals surface area contributed by atoms with Crippen LogP contribution < -0.4 is 15.5 Å². The largest absolute Gasteiger partial charge is 0.366 e. The standard InChI is InChI=1S/C12H17N5O2/c18-11-2-1-10(12(19)15-11)17-8-9(7-14-17)16-5-3-13-4-6-16/h7-8,10,13H,1-6H2,(H,15,18,19). The number of nitrogens with one attached hydrogen (secondary N) is 2. The van der Waals surface area contributed by atoms with Crippen LogP contribution in [0.25, 0.3) is 0 Å². The summed E-state index contributed by atoms with van der Waals surface area (Å²) >= 11 is 0. The molecule has 7 heteroatoms. The molecule has 3 heterocycles. The quantitative estimate of drug-likeness (QED) is 0.688. The first-order valence-corrected chi connectivity index (χ1v) is 6.57. The van der Waals surface area contributed by atoms with Gasteiger partial charge in [-0.25, -0.2) is 0 Å². The number of hydrogen-bond acceptors (Lipinski definition) is 5. The van der Waals surface area contributed by atoms with E-state index in [1.54, 1.807) is 10.9 Å². The highest BCUT2D eigenvalue weighted by Crippen LogP contribution is 2.21. The molecule has 3 rings (SSSR count). The summed E-state index contributed by atoms with van der Waals surface area (Å²) in [6.07, 6.45) is 4.58. The van der Waals surface area contributed by atoms with Gasteiger partial charge >= 0.3 is 0 Å². The van der Waals surface area contributed by atoms with E-state index < -0.39 is 0 Å². The van der Waals surface area contributed by atoms with Gasteiger partial charge in [-0.05, 0) is 6.42 Å². The maximum absolute atomic E-state index is 11.8. The van der Waals surface area contributed by atoms with Gasteiger partial charge in [0.2, 0.25) is 5.91 Å². The lowest BCUT2D eigenvalue weighted by atomic mass is 10.1. The van der Waals surface area contributed by atoms with Crippen molar-refractivity contribution in [3.05, 3.63) is 12.4 Å². The average molecular weight is 263 g/mol. The lowest BCUT2D eigenvalue weighted by Gasteiger charge is -2.28. The van der Waals surface area contributed by atoms with Crippen molar-refractivity contribution in [2.45, 2.75) is 18.9 Å². The van der Waals surface area contributed by atoms with Crippen LogP contribution >= 0.6 is 0 Å². The van der Waals surface area contributed by atoms with Gasteiger partial charge in [0.15, 0.2) is 0 Å². The Hall–Kier alpha value is -1.89. The summed E-state index contributed by atoms with van der Waals surface area (Å²) in [4.78, 5) is 25.1. The van der Waals surface area contributed by atoms with Crippen LogP contribution in [0.5, 0.6) is 0 Å². The summed E-state index contributed by atoms with van der Waals surface area (Å²) in [6, 6.07) is -0.366. The van der Waals surface area contributed by atoms with Gasteiger partial charge < -0.3 is 10.2 Å². The second-order valence-electron chi connectivity index (χ2n) is 4.88. The minimum atomic E-state index is -0.366. The van der Waals surface area contributed by atoms with Crippen LogP contribution in [0.1, 0.15) is 18.9 Å². The topological polar surface area (TPSA) is 79.3 Å². The molecule has 2 saturated heterocycles. The van der Waals surface area contributed by atoms with Crippen LogP contribution in [0.15, 0.2) is 12.4 Å². The summed E-state index contributed by atoms with van der Waals surface area (Å²) < 4.78 is 1.67. The second-order valence-corrected chi connectivity index (χ2v) is 4.88. The Labute approximate surface area is 110 Å². The highest BCUT2D eigenvalue weighted by molar-refractivity contribution is 5.99. The van der Waals surface area contributed by atoms with Gasteiger partial charge in [0.05, 0.1) is 11.9 Å². The Morgan fingerprint density at radius 1 is 1.26 bits per heavy atom. The van der Waals surface area contributed by atoms with Crippen LogP contribution in [-0.4, -0.2) is 47.8 Å². The predicted molar refractivity (Wildman–Crippen MR) is 68.7 cm³/mol. The first-order valence-electron chi connectivity index (χ1n) is 6.57. The summed E-state index contributed by atoms with van der Waals surface area (Å²) in [7, 11) is 0. The number of piperidine rings is 1. The van der Waals surface area contributed by atoms with Crippen molar-refractivity contribution in [2.75, 3.05) is 31.1 Å². The van der Waals surface area contributed by atoms with Crippen molar-refractivity contribution in [2.24, 2.45) is 0 Å². The van der Waals surface area contributed by atoms with E-state index in [1.807, 2.05) is 6.20 Å². The number of amides is 2. The van der Waals surface area contributed by atoms with Crippen LogP contribution in [0, 0.1) is 0 Å². The molecule has 102 valence electrons. The van der Waals surface area contributed by atoms with E-state index in [-0.39, 0.29) is 17.9 Å². The Kier molecular flexibility index (Phi) is 3.20. The Morgan fingerprint density at radius 2 is 2.05 bits per heavy atom. The van der Waals surface area contributed by atoms with Gasteiger partial charge in [-0.1, -0.05) is 0 Å². The molecule has 1 aromatic heterocycles. The van der Waals surface area contributed by atoms with Crippen molar-refractivity contribution < 1.29 is 9.59 Å². The van der Waals surface area contributed by atoms with Crippen LogP contribution in [0.2, 0.25) is 0 Å². The molecule has 2 N–H and O–H groups in total. The van der Waals surface area contributed by atoms with Gasteiger partial charge in [-0.3, -0.25) is 19.6 Å². The number of rotatable bonds is 2. The van der Waals surface area contributed by atoms with Gasteiger partial charge in [-0.2, -0.15) is 5.10 Å². The number of imide groups is 1. The maximum atomic E-state index is 11.8. The predicted octanol–water partition coefficient (Wildman–Crippen LogP) is -0.730. The van der Waals surface area contributed by atoms with E-state index in [2.05, 4.69) is 20.6 Å². The summed E-state index contributed by atoms with van der Waals surface area (Å²) in [5.74, 6) is -0.457. The Balaban J connectivity index is 1.73. The van der Waals surface area contributed by atoms with Crippen molar-refractivity contribution >= 4 is 17.5 Å². The Bertz CT molecular complexity index is 492. The van der Waals surface area contributed by atoms with Crippen LogP contribution in [0.3, 0.4) is 0 Å². The van der Waals surface area contributed by atoms with Crippen molar-refractivity contribution in [3.8, 4) is 0 Å². The molecule has 2 aliphatic heterocycles. The zero-order chi connectivity index (χ0) is 13.2. The molecule has 2 aliphatic rings. The molecule has 0 saturated carbocycles. The minimum Gasteiger partial charge on any atom is -0.366 e. The van der Waals surface area contributed by atoms with Crippen molar-refractivity contribution in [3.63, 3.8) is 0 Å².